The van der Waals surface area contributed by atoms with E-state index in [4.69, 9.17) is 16.3 Å². The first-order chi connectivity index (χ1) is 13.0. The lowest BCUT2D eigenvalue weighted by molar-refractivity contribution is 0.0792. The van der Waals surface area contributed by atoms with E-state index < -0.39 is 0 Å². The molecule has 0 aliphatic carbocycles. The SMILES string of the molecule is CCOCn1cc(NC(=O)c2cccc(Cn3nc(C)c(Cl)c3C)c2)cn1. The molecule has 0 atom stereocenters. The lowest BCUT2D eigenvalue weighted by Gasteiger charge is -2.07. The van der Waals surface area contributed by atoms with Crippen molar-refractivity contribution in [3.63, 3.8) is 0 Å². The summed E-state index contributed by atoms with van der Waals surface area (Å²) in [7, 11) is 0. The van der Waals surface area contributed by atoms with Crippen LogP contribution in [0.5, 0.6) is 0 Å². The summed E-state index contributed by atoms with van der Waals surface area (Å²) in [5.74, 6) is -0.195. The van der Waals surface area contributed by atoms with Crippen molar-refractivity contribution in [3.8, 4) is 0 Å². The second-order valence-corrected chi connectivity index (χ2v) is 6.57. The zero-order valence-electron chi connectivity index (χ0n) is 15.6. The van der Waals surface area contributed by atoms with Crippen LogP contribution in [0.4, 0.5) is 5.69 Å². The zero-order valence-corrected chi connectivity index (χ0v) is 16.3. The molecule has 2 aromatic heterocycles. The third-order valence-corrected chi connectivity index (χ3v) is 4.68. The Bertz CT molecular complexity index is 947. The Labute approximate surface area is 162 Å². The molecule has 1 N–H and O–H groups in total. The average Bonchev–Trinajstić information content (AvgIpc) is 3.20. The Kier molecular flexibility index (Phi) is 5.93. The first kappa shape index (κ1) is 19.1. The van der Waals surface area contributed by atoms with Crippen LogP contribution in [0.2, 0.25) is 5.02 Å². The van der Waals surface area contributed by atoms with E-state index in [1.165, 1.54) is 0 Å². The summed E-state index contributed by atoms with van der Waals surface area (Å²) in [5.41, 5.74) is 3.86. The lowest BCUT2D eigenvalue weighted by Crippen LogP contribution is -2.12. The van der Waals surface area contributed by atoms with Gasteiger partial charge in [-0.15, -0.1) is 0 Å². The smallest absolute Gasteiger partial charge is 0.255 e. The van der Waals surface area contributed by atoms with Gasteiger partial charge in [0, 0.05) is 12.2 Å². The maximum absolute atomic E-state index is 12.5. The van der Waals surface area contributed by atoms with E-state index in [1.807, 2.05) is 43.7 Å². The van der Waals surface area contributed by atoms with E-state index >= 15 is 0 Å². The van der Waals surface area contributed by atoms with Gasteiger partial charge in [-0.05, 0) is 38.5 Å². The maximum atomic E-state index is 12.5. The van der Waals surface area contributed by atoms with Crippen molar-refractivity contribution >= 4 is 23.2 Å². The number of aromatic nitrogens is 4. The van der Waals surface area contributed by atoms with Gasteiger partial charge in [0.2, 0.25) is 0 Å². The fourth-order valence-corrected chi connectivity index (χ4v) is 2.84. The Morgan fingerprint density at radius 3 is 2.85 bits per heavy atom. The van der Waals surface area contributed by atoms with E-state index in [2.05, 4.69) is 15.5 Å². The number of nitrogens with zero attached hydrogens (tertiary/aromatic N) is 4. The van der Waals surface area contributed by atoms with Gasteiger partial charge < -0.3 is 10.1 Å². The van der Waals surface area contributed by atoms with Crippen LogP contribution >= 0.6 is 11.6 Å². The fourth-order valence-electron chi connectivity index (χ4n) is 2.70. The molecule has 0 saturated carbocycles. The predicted molar refractivity (Wildman–Crippen MR) is 104 cm³/mol. The van der Waals surface area contributed by atoms with Gasteiger partial charge in [-0.1, -0.05) is 23.7 Å². The molecule has 27 heavy (non-hydrogen) atoms. The van der Waals surface area contributed by atoms with Crippen LogP contribution < -0.4 is 5.32 Å². The van der Waals surface area contributed by atoms with Crippen LogP contribution in [0.3, 0.4) is 0 Å². The number of amides is 1. The molecular formula is C19H22ClN5O2. The standard InChI is InChI=1S/C19H22ClN5O2/c1-4-27-12-24-11-17(9-21-24)22-19(26)16-7-5-6-15(8-16)10-25-14(3)18(20)13(2)23-25/h5-9,11H,4,10,12H2,1-3H3,(H,22,26). The second-order valence-electron chi connectivity index (χ2n) is 6.19. The summed E-state index contributed by atoms with van der Waals surface area (Å²) < 4.78 is 8.75. The predicted octanol–water partition coefficient (Wildman–Crippen LogP) is 3.64. The first-order valence-corrected chi connectivity index (χ1v) is 9.05. The number of ether oxygens (including phenoxy) is 1. The normalized spacial score (nSPS) is 11.0. The molecule has 0 aliphatic rings. The summed E-state index contributed by atoms with van der Waals surface area (Å²) in [5, 5.41) is 12.1. The molecular weight excluding hydrogens is 366 g/mol. The molecule has 0 spiro atoms. The molecule has 0 bridgehead atoms. The van der Waals surface area contributed by atoms with Gasteiger partial charge in [0.1, 0.15) is 6.73 Å². The van der Waals surface area contributed by atoms with Gasteiger partial charge in [-0.2, -0.15) is 10.2 Å². The van der Waals surface area contributed by atoms with Gasteiger partial charge in [0.25, 0.3) is 5.91 Å². The van der Waals surface area contributed by atoms with Gasteiger partial charge in [0.15, 0.2) is 0 Å². The highest BCUT2D eigenvalue weighted by molar-refractivity contribution is 6.31. The summed E-state index contributed by atoms with van der Waals surface area (Å²) in [6, 6.07) is 7.44. The molecule has 3 aromatic rings. The number of carbonyl (C=O) groups is 1. The lowest BCUT2D eigenvalue weighted by atomic mass is 10.1. The molecule has 2 heterocycles. The summed E-state index contributed by atoms with van der Waals surface area (Å²) in [6.45, 7) is 7.23. The summed E-state index contributed by atoms with van der Waals surface area (Å²) in [4.78, 5) is 12.5. The Morgan fingerprint density at radius 1 is 1.33 bits per heavy atom. The Balaban J connectivity index is 1.70. The third-order valence-electron chi connectivity index (χ3n) is 4.13. The Morgan fingerprint density at radius 2 is 2.15 bits per heavy atom. The van der Waals surface area contributed by atoms with Crippen LogP contribution in [0, 0.1) is 13.8 Å². The minimum absolute atomic E-state index is 0.195. The van der Waals surface area contributed by atoms with Gasteiger partial charge in [-0.25, -0.2) is 4.68 Å². The average molecular weight is 388 g/mol. The van der Waals surface area contributed by atoms with E-state index in [-0.39, 0.29) is 5.91 Å². The number of hydrogen-bond acceptors (Lipinski definition) is 4. The van der Waals surface area contributed by atoms with Crippen LogP contribution in [0.1, 0.15) is 34.2 Å². The molecule has 8 heteroatoms. The van der Waals surface area contributed by atoms with E-state index in [0.29, 0.717) is 36.2 Å². The fraction of sp³-hybridized carbons (Fsp3) is 0.316. The van der Waals surface area contributed by atoms with E-state index in [0.717, 1.165) is 17.0 Å². The molecule has 1 amide bonds. The van der Waals surface area contributed by atoms with Gasteiger partial charge in [0.05, 0.1) is 41.0 Å². The highest BCUT2D eigenvalue weighted by Gasteiger charge is 2.12. The zero-order chi connectivity index (χ0) is 19.4. The topological polar surface area (TPSA) is 74.0 Å². The number of halogens is 1. The van der Waals surface area contributed by atoms with Crippen molar-refractivity contribution < 1.29 is 9.53 Å². The number of carbonyl (C=O) groups excluding carboxylic acids is 1. The van der Waals surface area contributed by atoms with Gasteiger partial charge >= 0.3 is 0 Å². The van der Waals surface area contributed by atoms with Crippen molar-refractivity contribution in [3.05, 3.63) is 64.2 Å². The number of aryl methyl sites for hydroxylation is 1. The van der Waals surface area contributed by atoms with Crippen molar-refractivity contribution in [1.82, 2.24) is 19.6 Å². The number of rotatable bonds is 7. The molecule has 1 aromatic carbocycles. The first-order valence-electron chi connectivity index (χ1n) is 8.68. The van der Waals surface area contributed by atoms with Crippen LogP contribution in [-0.4, -0.2) is 32.1 Å². The minimum Gasteiger partial charge on any atom is -0.360 e. The number of hydrogen-bond donors (Lipinski definition) is 1. The monoisotopic (exact) mass is 387 g/mol. The number of benzene rings is 1. The highest BCUT2D eigenvalue weighted by atomic mass is 35.5. The van der Waals surface area contributed by atoms with Crippen LogP contribution in [0.15, 0.2) is 36.7 Å². The van der Waals surface area contributed by atoms with Crippen molar-refractivity contribution in [2.24, 2.45) is 0 Å². The van der Waals surface area contributed by atoms with Crippen LogP contribution in [0.25, 0.3) is 0 Å². The van der Waals surface area contributed by atoms with Crippen molar-refractivity contribution in [2.75, 3.05) is 11.9 Å². The molecule has 0 fully saturated rings. The molecule has 0 aliphatic heterocycles. The third kappa shape index (κ3) is 4.56. The highest BCUT2D eigenvalue weighted by Crippen LogP contribution is 2.20. The van der Waals surface area contributed by atoms with E-state index in [9.17, 15) is 4.79 Å². The molecule has 7 nitrogen and oxygen atoms in total. The quantitative estimate of drug-likeness (QED) is 0.671. The Hall–Kier alpha value is -2.64. The molecule has 3 rings (SSSR count). The number of anilines is 1. The summed E-state index contributed by atoms with van der Waals surface area (Å²) in [6.07, 6.45) is 3.33. The molecule has 0 unspecified atom stereocenters. The second kappa shape index (κ2) is 8.37. The van der Waals surface area contributed by atoms with Crippen molar-refractivity contribution in [2.45, 2.75) is 34.0 Å². The van der Waals surface area contributed by atoms with Gasteiger partial charge in [-0.3, -0.25) is 9.48 Å². The van der Waals surface area contributed by atoms with E-state index in [1.54, 1.807) is 23.1 Å². The number of nitrogens with one attached hydrogen (secondary N) is 1. The molecule has 0 saturated heterocycles. The van der Waals surface area contributed by atoms with Crippen molar-refractivity contribution in [1.29, 1.82) is 0 Å². The molecule has 142 valence electrons. The largest absolute Gasteiger partial charge is 0.360 e. The minimum atomic E-state index is -0.195. The van der Waals surface area contributed by atoms with Crippen LogP contribution in [-0.2, 0) is 18.0 Å². The summed E-state index contributed by atoms with van der Waals surface area (Å²) >= 11 is 6.21. The molecule has 0 radical (unpaired) electrons. The maximum Gasteiger partial charge on any atom is 0.255 e.